The van der Waals surface area contributed by atoms with Gasteiger partial charge in [0.05, 0.1) is 5.02 Å². The van der Waals surface area contributed by atoms with Crippen LogP contribution in [0.3, 0.4) is 0 Å². The summed E-state index contributed by atoms with van der Waals surface area (Å²) in [7, 11) is 0. The van der Waals surface area contributed by atoms with Crippen molar-refractivity contribution in [3.8, 4) is 0 Å². The minimum absolute atomic E-state index is 0.0496. The number of halogens is 4. The molecule has 0 bridgehead atoms. The van der Waals surface area contributed by atoms with E-state index >= 15 is 0 Å². The minimum Gasteiger partial charge on any atom is -0.160 e. The Morgan fingerprint density at radius 1 is 1.27 bits per heavy atom. The van der Waals surface area contributed by atoms with Crippen LogP contribution in [0.15, 0.2) is 23.1 Å². The quantitative estimate of drug-likeness (QED) is 0.664. The topological polar surface area (TPSA) is 0 Å². The third kappa shape index (κ3) is 3.95. The number of alkyl halides is 3. The lowest BCUT2D eigenvalue weighted by atomic mass is 10.0. The van der Waals surface area contributed by atoms with Crippen LogP contribution >= 0.6 is 23.4 Å². The van der Waals surface area contributed by atoms with Gasteiger partial charge in [0.15, 0.2) is 0 Å². The van der Waals surface area contributed by atoms with Gasteiger partial charge in [-0.2, -0.15) is 13.2 Å². The molecule has 0 nitrogen and oxygen atoms in total. The Morgan fingerprint density at radius 3 is 2.27 bits per heavy atom. The molecule has 5 heteroatoms. The highest BCUT2D eigenvalue weighted by Crippen LogP contribution is 2.40. The van der Waals surface area contributed by atoms with Crippen molar-refractivity contribution >= 4 is 23.4 Å². The lowest BCUT2D eigenvalue weighted by Gasteiger charge is -2.10. The second-order valence-electron chi connectivity index (χ2n) is 3.39. The largest absolute Gasteiger partial charge is 0.446 e. The zero-order valence-electron chi connectivity index (χ0n) is 8.23. The first-order valence-corrected chi connectivity index (χ1v) is 5.54. The second-order valence-corrected chi connectivity index (χ2v) is 4.91. The highest BCUT2D eigenvalue weighted by molar-refractivity contribution is 8.00. The summed E-state index contributed by atoms with van der Waals surface area (Å²) >= 11 is 5.57. The van der Waals surface area contributed by atoms with Crippen LogP contribution in [0.5, 0.6) is 0 Å². The predicted octanol–water partition coefficient (Wildman–Crippen LogP) is 5.08. The van der Waals surface area contributed by atoms with E-state index in [2.05, 4.69) is 0 Å². The van der Waals surface area contributed by atoms with Gasteiger partial charge < -0.3 is 0 Å². The van der Waals surface area contributed by atoms with Crippen LogP contribution in [0.4, 0.5) is 13.2 Å². The Bertz CT molecular complexity index is 347. The van der Waals surface area contributed by atoms with Crippen LogP contribution in [0, 0.1) is 0 Å². The molecule has 0 saturated heterocycles. The van der Waals surface area contributed by atoms with E-state index in [9.17, 15) is 13.2 Å². The molecular formula is C10H10ClF3S. The maximum absolute atomic E-state index is 12.1. The van der Waals surface area contributed by atoms with E-state index in [1.54, 1.807) is 12.1 Å². The van der Waals surface area contributed by atoms with Crippen molar-refractivity contribution in [2.45, 2.75) is 30.2 Å². The molecule has 0 atom stereocenters. The molecule has 0 heterocycles. The molecule has 84 valence electrons. The Labute approximate surface area is 95.8 Å². The average molecular weight is 255 g/mol. The van der Waals surface area contributed by atoms with Crippen molar-refractivity contribution in [3.05, 3.63) is 28.8 Å². The SMILES string of the molecule is CC(C)c1ccc(SC(F)(F)F)c(Cl)c1. The molecule has 0 amide bonds. The van der Waals surface area contributed by atoms with E-state index in [1.165, 1.54) is 6.07 Å². The first kappa shape index (κ1) is 12.7. The average Bonchev–Trinajstić information content (AvgIpc) is 2.05. The van der Waals surface area contributed by atoms with Crippen molar-refractivity contribution in [1.82, 2.24) is 0 Å². The summed E-state index contributed by atoms with van der Waals surface area (Å²) in [5, 5.41) is 0.156. The molecule has 0 radical (unpaired) electrons. The van der Waals surface area contributed by atoms with E-state index in [-0.39, 0.29) is 27.6 Å². The normalized spacial score (nSPS) is 12.2. The number of thioether (sulfide) groups is 1. The summed E-state index contributed by atoms with van der Waals surface area (Å²) in [5.41, 5.74) is -3.35. The van der Waals surface area contributed by atoms with Crippen LogP contribution < -0.4 is 0 Å². The van der Waals surface area contributed by atoms with Crippen LogP contribution in [-0.4, -0.2) is 5.51 Å². The van der Waals surface area contributed by atoms with Gasteiger partial charge in [-0.1, -0.05) is 31.5 Å². The molecular weight excluding hydrogens is 245 g/mol. The third-order valence-corrected chi connectivity index (χ3v) is 3.08. The molecule has 0 aromatic heterocycles. The Hall–Kier alpha value is -0.350. The monoisotopic (exact) mass is 254 g/mol. The zero-order chi connectivity index (χ0) is 11.6. The fourth-order valence-electron chi connectivity index (χ4n) is 1.08. The molecule has 0 saturated carbocycles. The maximum Gasteiger partial charge on any atom is 0.446 e. The summed E-state index contributed by atoms with van der Waals surface area (Å²) in [6.07, 6.45) is 0. The smallest absolute Gasteiger partial charge is 0.160 e. The van der Waals surface area contributed by atoms with Crippen molar-refractivity contribution in [2.24, 2.45) is 0 Å². The first-order chi connectivity index (χ1) is 6.79. The molecule has 1 aromatic rings. The molecule has 0 N–H and O–H groups in total. The van der Waals surface area contributed by atoms with Gasteiger partial charge in [0.2, 0.25) is 0 Å². The number of hydrogen-bond donors (Lipinski definition) is 0. The van der Waals surface area contributed by atoms with E-state index in [4.69, 9.17) is 11.6 Å². The minimum atomic E-state index is -4.29. The number of rotatable bonds is 2. The van der Waals surface area contributed by atoms with Crippen molar-refractivity contribution in [3.63, 3.8) is 0 Å². The van der Waals surface area contributed by atoms with Crippen molar-refractivity contribution in [2.75, 3.05) is 0 Å². The van der Waals surface area contributed by atoms with Gasteiger partial charge in [0, 0.05) is 4.90 Å². The lowest BCUT2D eigenvalue weighted by molar-refractivity contribution is -0.0328. The van der Waals surface area contributed by atoms with E-state index in [0.29, 0.717) is 0 Å². The molecule has 0 fully saturated rings. The van der Waals surface area contributed by atoms with E-state index in [1.807, 2.05) is 13.8 Å². The van der Waals surface area contributed by atoms with Gasteiger partial charge in [-0.05, 0) is 35.4 Å². The Kier molecular flexibility index (Phi) is 3.95. The summed E-state index contributed by atoms with van der Waals surface area (Å²) in [6, 6.07) is 4.67. The van der Waals surface area contributed by atoms with Gasteiger partial charge >= 0.3 is 5.51 Å². The second kappa shape index (κ2) is 4.66. The van der Waals surface area contributed by atoms with E-state index in [0.717, 1.165) is 5.56 Å². The maximum atomic E-state index is 12.1. The standard InChI is InChI=1S/C10H10ClF3S/c1-6(2)7-3-4-9(8(11)5-7)15-10(12,13)14/h3-6H,1-2H3. The van der Waals surface area contributed by atoms with Gasteiger partial charge in [0.1, 0.15) is 0 Å². The Balaban J connectivity index is 2.94. The number of benzene rings is 1. The lowest BCUT2D eigenvalue weighted by Crippen LogP contribution is -1.99. The van der Waals surface area contributed by atoms with Gasteiger partial charge in [-0.25, -0.2) is 0 Å². The van der Waals surface area contributed by atoms with E-state index < -0.39 is 5.51 Å². The van der Waals surface area contributed by atoms with Crippen molar-refractivity contribution < 1.29 is 13.2 Å². The summed E-state index contributed by atoms with van der Waals surface area (Å²) in [6.45, 7) is 3.92. The molecule has 1 rings (SSSR count). The molecule has 0 aliphatic heterocycles. The fourth-order valence-corrected chi connectivity index (χ4v) is 1.93. The van der Waals surface area contributed by atoms with Gasteiger partial charge in [-0.3, -0.25) is 0 Å². The molecule has 0 aliphatic rings. The highest BCUT2D eigenvalue weighted by atomic mass is 35.5. The summed E-state index contributed by atoms with van der Waals surface area (Å²) < 4.78 is 36.3. The van der Waals surface area contributed by atoms with Crippen LogP contribution in [-0.2, 0) is 0 Å². The van der Waals surface area contributed by atoms with Crippen molar-refractivity contribution in [1.29, 1.82) is 0 Å². The molecule has 15 heavy (non-hydrogen) atoms. The highest BCUT2D eigenvalue weighted by Gasteiger charge is 2.30. The molecule has 1 aromatic carbocycles. The molecule has 0 spiro atoms. The summed E-state index contributed by atoms with van der Waals surface area (Å²) in [5.74, 6) is 0.257. The summed E-state index contributed by atoms with van der Waals surface area (Å²) in [4.78, 5) is 0.0496. The predicted molar refractivity (Wildman–Crippen MR) is 57.5 cm³/mol. The van der Waals surface area contributed by atoms with Crippen LogP contribution in [0.25, 0.3) is 0 Å². The van der Waals surface area contributed by atoms with Gasteiger partial charge in [-0.15, -0.1) is 0 Å². The fraction of sp³-hybridized carbons (Fsp3) is 0.400. The first-order valence-electron chi connectivity index (χ1n) is 4.35. The van der Waals surface area contributed by atoms with Crippen LogP contribution in [0.2, 0.25) is 5.02 Å². The Morgan fingerprint density at radius 2 is 1.87 bits per heavy atom. The molecule has 0 aliphatic carbocycles. The zero-order valence-corrected chi connectivity index (χ0v) is 9.80. The molecule has 0 unspecified atom stereocenters. The third-order valence-electron chi connectivity index (χ3n) is 1.85. The number of hydrogen-bond acceptors (Lipinski definition) is 1. The van der Waals surface area contributed by atoms with Gasteiger partial charge in [0.25, 0.3) is 0 Å². The van der Waals surface area contributed by atoms with Crippen LogP contribution in [0.1, 0.15) is 25.3 Å².